The lowest BCUT2D eigenvalue weighted by atomic mass is 10.1. The summed E-state index contributed by atoms with van der Waals surface area (Å²) < 4.78 is 13.0. The van der Waals surface area contributed by atoms with Crippen LogP contribution in [-0.4, -0.2) is 24.8 Å². The summed E-state index contributed by atoms with van der Waals surface area (Å²) >= 11 is 0. The molecule has 4 nitrogen and oxygen atoms in total. The normalized spacial score (nSPS) is 13.8. The predicted molar refractivity (Wildman–Crippen MR) is 79.4 cm³/mol. The van der Waals surface area contributed by atoms with Gasteiger partial charge in [-0.15, -0.1) is 0 Å². The number of nitrogens with two attached hydrogens (primary N) is 1. The lowest BCUT2D eigenvalue weighted by molar-refractivity contribution is 0.355. The highest BCUT2D eigenvalue weighted by molar-refractivity contribution is 5.77. The molecule has 0 unspecified atom stereocenters. The van der Waals surface area contributed by atoms with Gasteiger partial charge < -0.3 is 19.8 Å². The zero-order chi connectivity index (χ0) is 14.3. The van der Waals surface area contributed by atoms with Crippen molar-refractivity contribution in [2.45, 2.75) is 25.9 Å². The van der Waals surface area contributed by atoms with Crippen LogP contribution in [0, 0.1) is 0 Å². The Labute approximate surface area is 119 Å². The molecular weight excluding hydrogens is 252 g/mol. The first-order chi connectivity index (χ1) is 9.63. The summed E-state index contributed by atoms with van der Waals surface area (Å²) in [5.41, 5.74) is 11.0. The summed E-state index contributed by atoms with van der Waals surface area (Å²) in [6.07, 6.45) is 3.06. The van der Waals surface area contributed by atoms with Gasteiger partial charge in [0.05, 0.1) is 19.9 Å². The van der Waals surface area contributed by atoms with E-state index >= 15 is 0 Å². The highest BCUT2D eigenvalue weighted by Crippen LogP contribution is 2.43. The summed E-state index contributed by atoms with van der Waals surface area (Å²) in [5, 5.41) is 0. The van der Waals surface area contributed by atoms with Gasteiger partial charge in [-0.2, -0.15) is 0 Å². The molecule has 0 saturated heterocycles. The van der Waals surface area contributed by atoms with Crippen LogP contribution in [0.15, 0.2) is 24.4 Å². The Bertz CT molecular complexity index is 644. The van der Waals surface area contributed by atoms with E-state index in [-0.39, 0.29) is 6.04 Å². The number of fused-ring (bicyclic) bond motifs is 3. The average molecular weight is 272 g/mol. The molecule has 106 valence electrons. The molecule has 1 atom stereocenters. The highest BCUT2D eigenvalue weighted by Gasteiger charge is 2.24. The van der Waals surface area contributed by atoms with Crippen molar-refractivity contribution in [2.24, 2.45) is 5.73 Å². The van der Waals surface area contributed by atoms with Gasteiger partial charge in [0, 0.05) is 30.8 Å². The SMILES string of the molecule is COc1cc2c(cc1OC)-c1c(ccn1C[C@@H](C)N)C2. The highest BCUT2D eigenvalue weighted by atomic mass is 16.5. The van der Waals surface area contributed by atoms with E-state index < -0.39 is 0 Å². The van der Waals surface area contributed by atoms with E-state index in [1.165, 1.54) is 22.4 Å². The molecule has 1 heterocycles. The number of nitrogens with zero attached hydrogens (tertiary/aromatic N) is 1. The van der Waals surface area contributed by atoms with Crippen molar-refractivity contribution in [1.82, 2.24) is 4.57 Å². The molecule has 0 amide bonds. The number of benzene rings is 1. The molecule has 2 N–H and O–H groups in total. The molecule has 0 saturated carbocycles. The number of rotatable bonds is 4. The van der Waals surface area contributed by atoms with Gasteiger partial charge in [-0.3, -0.25) is 0 Å². The molecule has 2 aromatic rings. The Morgan fingerprint density at radius 2 is 1.90 bits per heavy atom. The van der Waals surface area contributed by atoms with E-state index in [1.807, 2.05) is 6.92 Å². The van der Waals surface area contributed by atoms with E-state index in [2.05, 4.69) is 29.0 Å². The van der Waals surface area contributed by atoms with Crippen LogP contribution in [0.4, 0.5) is 0 Å². The van der Waals surface area contributed by atoms with Crippen molar-refractivity contribution in [3.63, 3.8) is 0 Å². The monoisotopic (exact) mass is 272 g/mol. The second-order valence-corrected chi connectivity index (χ2v) is 5.36. The van der Waals surface area contributed by atoms with Crippen LogP contribution in [0.2, 0.25) is 0 Å². The summed E-state index contributed by atoms with van der Waals surface area (Å²) in [7, 11) is 3.34. The lowest BCUT2D eigenvalue weighted by Gasteiger charge is -2.14. The third kappa shape index (κ3) is 1.96. The fourth-order valence-electron chi connectivity index (χ4n) is 2.94. The fourth-order valence-corrected chi connectivity index (χ4v) is 2.94. The number of ether oxygens (including phenoxy) is 2. The maximum atomic E-state index is 5.93. The molecule has 0 fully saturated rings. The topological polar surface area (TPSA) is 49.4 Å². The molecule has 0 bridgehead atoms. The standard InChI is InChI=1S/C16H20N2O2/c1-10(17)9-18-5-4-11-6-12-7-14(19-2)15(20-3)8-13(12)16(11)18/h4-5,7-8,10H,6,9,17H2,1-3H3/t10-/m1/s1. The first-order valence-electron chi connectivity index (χ1n) is 6.83. The molecule has 0 radical (unpaired) electrons. The summed E-state index contributed by atoms with van der Waals surface area (Å²) in [5.74, 6) is 1.56. The van der Waals surface area contributed by atoms with Crippen LogP contribution >= 0.6 is 0 Å². The summed E-state index contributed by atoms with van der Waals surface area (Å²) in [4.78, 5) is 0. The van der Waals surface area contributed by atoms with Crippen LogP contribution in [0.5, 0.6) is 11.5 Å². The molecule has 0 aliphatic heterocycles. The number of methoxy groups -OCH3 is 2. The van der Waals surface area contributed by atoms with E-state index in [0.29, 0.717) is 0 Å². The second kappa shape index (κ2) is 4.87. The summed E-state index contributed by atoms with van der Waals surface area (Å²) in [6.45, 7) is 2.85. The van der Waals surface area contributed by atoms with E-state index in [0.717, 1.165) is 24.5 Å². The molecule has 1 aliphatic rings. The molecule has 1 aromatic heterocycles. The van der Waals surface area contributed by atoms with Crippen molar-refractivity contribution in [1.29, 1.82) is 0 Å². The van der Waals surface area contributed by atoms with Crippen LogP contribution in [0.1, 0.15) is 18.1 Å². The third-order valence-electron chi connectivity index (χ3n) is 3.78. The molecule has 4 heteroatoms. The lowest BCUT2D eigenvalue weighted by Crippen LogP contribution is -2.22. The quantitative estimate of drug-likeness (QED) is 0.793. The van der Waals surface area contributed by atoms with Crippen LogP contribution in [-0.2, 0) is 13.0 Å². The molecule has 1 aliphatic carbocycles. The minimum atomic E-state index is 0.135. The van der Waals surface area contributed by atoms with Crippen molar-refractivity contribution in [2.75, 3.05) is 14.2 Å². The fraction of sp³-hybridized carbons (Fsp3) is 0.375. The average Bonchev–Trinajstić information content (AvgIpc) is 2.96. The van der Waals surface area contributed by atoms with Crippen molar-refractivity contribution >= 4 is 0 Å². The minimum absolute atomic E-state index is 0.135. The van der Waals surface area contributed by atoms with Gasteiger partial charge >= 0.3 is 0 Å². The Hall–Kier alpha value is -1.94. The first-order valence-corrected chi connectivity index (χ1v) is 6.83. The predicted octanol–water partition coefficient (Wildman–Crippen LogP) is 2.42. The van der Waals surface area contributed by atoms with Crippen LogP contribution in [0.3, 0.4) is 0 Å². The second-order valence-electron chi connectivity index (χ2n) is 5.36. The van der Waals surface area contributed by atoms with Crippen molar-refractivity contribution < 1.29 is 9.47 Å². The van der Waals surface area contributed by atoms with E-state index in [1.54, 1.807) is 14.2 Å². The van der Waals surface area contributed by atoms with Gasteiger partial charge in [0.25, 0.3) is 0 Å². The van der Waals surface area contributed by atoms with E-state index in [4.69, 9.17) is 15.2 Å². The first kappa shape index (κ1) is 13.1. The number of aromatic nitrogens is 1. The van der Waals surface area contributed by atoms with Gasteiger partial charge in [0.15, 0.2) is 11.5 Å². The Morgan fingerprint density at radius 3 is 2.55 bits per heavy atom. The molecule has 20 heavy (non-hydrogen) atoms. The van der Waals surface area contributed by atoms with Crippen LogP contribution < -0.4 is 15.2 Å². The number of hydrogen-bond acceptors (Lipinski definition) is 3. The minimum Gasteiger partial charge on any atom is -0.493 e. The Morgan fingerprint density at radius 1 is 1.20 bits per heavy atom. The van der Waals surface area contributed by atoms with Gasteiger partial charge in [0.2, 0.25) is 0 Å². The van der Waals surface area contributed by atoms with Crippen LogP contribution in [0.25, 0.3) is 11.3 Å². The Kier molecular flexibility index (Phi) is 3.18. The molecule has 1 aromatic carbocycles. The summed E-state index contributed by atoms with van der Waals surface area (Å²) in [6, 6.07) is 6.45. The largest absolute Gasteiger partial charge is 0.493 e. The van der Waals surface area contributed by atoms with Crippen molar-refractivity contribution in [3.05, 3.63) is 35.5 Å². The van der Waals surface area contributed by atoms with Gasteiger partial charge in [-0.25, -0.2) is 0 Å². The van der Waals surface area contributed by atoms with E-state index in [9.17, 15) is 0 Å². The van der Waals surface area contributed by atoms with Gasteiger partial charge in [-0.1, -0.05) is 0 Å². The van der Waals surface area contributed by atoms with Gasteiger partial charge in [0.1, 0.15) is 0 Å². The maximum Gasteiger partial charge on any atom is 0.161 e. The third-order valence-corrected chi connectivity index (χ3v) is 3.78. The zero-order valence-electron chi connectivity index (χ0n) is 12.1. The molecule has 3 rings (SSSR count). The molecular formula is C16H20N2O2. The number of hydrogen-bond donors (Lipinski definition) is 1. The molecule has 0 spiro atoms. The van der Waals surface area contributed by atoms with Crippen molar-refractivity contribution in [3.8, 4) is 22.8 Å². The Balaban J connectivity index is 2.11. The zero-order valence-corrected chi connectivity index (χ0v) is 12.1. The smallest absolute Gasteiger partial charge is 0.161 e. The maximum absolute atomic E-state index is 5.93. The van der Waals surface area contributed by atoms with Gasteiger partial charge in [-0.05, 0) is 36.2 Å².